The lowest BCUT2D eigenvalue weighted by molar-refractivity contribution is -0.126. The number of hydrogen-bond acceptors (Lipinski definition) is 2. The number of benzene rings is 3. The number of nitrogens with two attached hydrogens (primary N) is 1. The summed E-state index contributed by atoms with van der Waals surface area (Å²) < 4.78 is 15.6. The van der Waals surface area contributed by atoms with Gasteiger partial charge in [0.2, 0.25) is 5.91 Å². The number of primary amides is 1. The van der Waals surface area contributed by atoms with Crippen LogP contribution in [-0.4, -0.2) is 28.2 Å². The van der Waals surface area contributed by atoms with Gasteiger partial charge in [-0.25, -0.2) is 4.39 Å². The molecular weight excluding hydrogens is 393 g/mol. The average molecular weight is 413 g/mol. The molecule has 1 aromatic heterocycles. The molecule has 2 heterocycles. The summed E-state index contributed by atoms with van der Waals surface area (Å²) >= 11 is 0. The SMILES string of the molecule is C=CC(=O)N1CCc2c(cccc2-c2c(F)cc(C(N)=O)c3[nH]c4ccccc4c23)C1. The van der Waals surface area contributed by atoms with Gasteiger partial charge in [-0.05, 0) is 41.3 Å². The van der Waals surface area contributed by atoms with Crippen LogP contribution in [0.5, 0.6) is 0 Å². The van der Waals surface area contributed by atoms with Gasteiger partial charge in [-0.2, -0.15) is 0 Å². The predicted molar refractivity (Wildman–Crippen MR) is 119 cm³/mol. The van der Waals surface area contributed by atoms with Crippen LogP contribution in [0.25, 0.3) is 32.9 Å². The molecule has 3 aromatic carbocycles. The number of aromatic amines is 1. The maximum Gasteiger partial charge on any atom is 0.250 e. The highest BCUT2D eigenvalue weighted by molar-refractivity contribution is 6.20. The van der Waals surface area contributed by atoms with Gasteiger partial charge in [0.1, 0.15) is 5.82 Å². The van der Waals surface area contributed by atoms with Crippen LogP contribution >= 0.6 is 0 Å². The summed E-state index contributed by atoms with van der Waals surface area (Å²) in [5, 5.41) is 1.47. The number of carbonyl (C=O) groups is 2. The second kappa shape index (κ2) is 7.09. The van der Waals surface area contributed by atoms with Crippen molar-refractivity contribution in [1.29, 1.82) is 0 Å². The third kappa shape index (κ3) is 2.91. The molecule has 0 unspecified atom stereocenters. The molecular formula is C25H20FN3O2. The Hall–Kier alpha value is -3.93. The predicted octanol–water partition coefficient (Wildman–Crippen LogP) is 4.30. The largest absolute Gasteiger partial charge is 0.366 e. The van der Waals surface area contributed by atoms with E-state index in [-0.39, 0.29) is 11.5 Å². The van der Waals surface area contributed by atoms with E-state index in [0.29, 0.717) is 36.0 Å². The Morgan fingerprint density at radius 1 is 1.16 bits per heavy atom. The number of para-hydroxylation sites is 1. The van der Waals surface area contributed by atoms with E-state index in [2.05, 4.69) is 11.6 Å². The van der Waals surface area contributed by atoms with E-state index in [0.717, 1.165) is 27.6 Å². The van der Waals surface area contributed by atoms with Crippen molar-refractivity contribution in [3.8, 4) is 11.1 Å². The van der Waals surface area contributed by atoms with Crippen LogP contribution in [-0.2, 0) is 17.8 Å². The normalized spacial score (nSPS) is 13.4. The van der Waals surface area contributed by atoms with Crippen molar-refractivity contribution in [2.45, 2.75) is 13.0 Å². The van der Waals surface area contributed by atoms with Crippen LogP contribution in [0.1, 0.15) is 21.5 Å². The van der Waals surface area contributed by atoms with Crippen LogP contribution in [0.15, 0.2) is 61.2 Å². The van der Waals surface area contributed by atoms with Gasteiger partial charge in [-0.1, -0.05) is 43.0 Å². The van der Waals surface area contributed by atoms with Crippen LogP contribution in [0.3, 0.4) is 0 Å². The molecule has 0 atom stereocenters. The van der Waals surface area contributed by atoms with E-state index in [1.165, 1.54) is 12.1 Å². The second-order valence-corrected chi connectivity index (χ2v) is 7.72. The summed E-state index contributed by atoms with van der Waals surface area (Å²) in [4.78, 5) is 29.1. The van der Waals surface area contributed by atoms with Gasteiger partial charge < -0.3 is 15.6 Å². The van der Waals surface area contributed by atoms with E-state index < -0.39 is 11.7 Å². The number of nitrogens with zero attached hydrogens (tertiary/aromatic N) is 1. The molecule has 4 aromatic rings. The lowest BCUT2D eigenvalue weighted by Gasteiger charge is -2.29. The van der Waals surface area contributed by atoms with Gasteiger partial charge >= 0.3 is 0 Å². The number of amides is 2. The smallest absolute Gasteiger partial charge is 0.250 e. The van der Waals surface area contributed by atoms with Crippen LogP contribution in [0.2, 0.25) is 0 Å². The molecule has 0 saturated carbocycles. The van der Waals surface area contributed by atoms with E-state index >= 15 is 4.39 Å². The molecule has 1 aliphatic heterocycles. The number of carbonyl (C=O) groups excluding carboxylic acids is 2. The summed E-state index contributed by atoms with van der Waals surface area (Å²) in [6.45, 7) is 4.55. The average Bonchev–Trinajstić information content (AvgIpc) is 3.16. The minimum Gasteiger partial charge on any atom is -0.366 e. The van der Waals surface area contributed by atoms with Gasteiger partial charge in [-0.15, -0.1) is 0 Å². The second-order valence-electron chi connectivity index (χ2n) is 7.72. The van der Waals surface area contributed by atoms with Crippen LogP contribution in [0, 0.1) is 5.82 Å². The zero-order chi connectivity index (χ0) is 21.7. The Morgan fingerprint density at radius 3 is 2.74 bits per heavy atom. The summed E-state index contributed by atoms with van der Waals surface area (Å²) in [6.07, 6.45) is 1.92. The highest BCUT2D eigenvalue weighted by Gasteiger charge is 2.26. The molecule has 6 heteroatoms. The Kier molecular flexibility index (Phi) is 4.36. The summed E-state index contributed by atoms with van der Waals surface area (Å²) in [6, 6.07) is 14.5. The van der Waals surface area contributed by atoms with E-state index in [4.69, 9.17) is 5.73 Å². The molecule has 0 bridgehead atoms. The maximum atomic E-state index is 15.6. The van der Waals surface area contributed by atoms with Gasteiger partial charge in [-0.3, -0.25) is 9.59 Å². The van der Waals surface area contributed by atoms with Crippen molar-refractivity contribution < 1.29 is 14.0 Å². The van der Waals surface area contributed by atoms with Crippen LogP contribution in [0.4, 0.5) is 4.39 Å². The first-order valence-electron chi connectivity index (χ1n) is 10.0. The van der Waals surface area contributed by atoms with Crippen molar-refractivity contribution in [1.82, 2.24) is 9.88 Å². The van der Waals surface area contributed by atoms with E-state index in [9.17, 15) is 9.59 Å². The van der Waals surface area contributed by atoms with Crippen molar-refractivity contribution in [2.24, 2.45) is 5.73 Å². The molecule has 0 fully saturated rings. The zero-order valence-corrected chi connectivity index (χ0v) is 16.7. The monoisotopic (exact) mass is 413 g/mol. The molecule has 5 nitrogen and oxygen atoms in total. The highest BCUT2D eigenvalue weighted by Crippen LogP contribution is 2.41. The minimum atomic E-state index is -0.685. The molecule has 5 rings (SSSR count). The molecule has 31 heavy (non-hydrogen) atoms. The Labute approximate surface area is 178 Å². The summed E-state index contributed by atoms with van der Waals surface area (Å²) in [7, 11) is 0. The van der Waals surface area contributed by atoms with Gasteiger partial charge in [0, 0.05) is 34.9 Å². The van der Waals surface area contributed by atoms with Gasteiger partial charge in [0.25, 0.3) is 5.91 Å². The molecule has 154 valence electrons. The fourth-order valence-electron chi connectivity index (χ4n) is 4.61. The number of rotatable bonds is 3. The lowest BCUT2D eigenvalue weighted by Crippen LogP contribution is -2.34. The minimum absolute atomic E-state index is 0.118. The Balaban J connectivity index is 1.81. The van der Waals surface area contributed by atoms with Crippen molar-refractivity contribution >= 4 is 33.6 Å². The van der Waals surface area contributed by atoms with Crippen molar-refractivity contribution in [3.63, 3.8) is 0 Å². The topological polar surface area (TPSA) is 79.2 Å². The van der Waals surface area contributed by atoms with Gasteiger partial charge in [0.05, 0.1) is 11.1 Å². The molecule has 1 aliphatic rings. The standard InChI is InChI=1S/C25H20FN3O2/c1-2-21(30)29-11-10-15-14(13-29)6-5-8-16(15)22-19(26)12-18(25(27)31)24-23(22)17-7-3-4-9-20(17)28-24/h2-9,12,28H,1,10-11,13H2,(H2,27,31). The van der Waals surface area contributed by atoms with Crippen molar-refractivity contribution in [2.75, 3.05) is 6.54 Å². The fourth-order valence-corrected chi connectivity index (χ4v) is 4.61. The molecule has 0 radical (unpaired) electrons. The number of hydrogen-bond donors (Lipinski definition) is 2. The number of nitrogens with one attached hydrogen (secondary N) is 1. The summed E-state index contributed by atoms with van der Waals surface area (Å²) in [5.74, 6) is -1.30. The molecule has 0 spiro atoms. The fraction of sp³-hybridized carbons (Fsp3) is 0.120. The Morgan fingerprint density at radius 2 is 1.97 bits per heavy atom. The quantitative estimate of drug-likeness (QED) is 0.491. The maximum absolute atomic E-state index is 15.6. The van der Waals surface area contributed by atoms with Gasteiger partial charge in [0.15, 0.2) is 0 Å². The number of fused-ring (bicyclic) bond motifs is 4. The number of H-pyrrole nitrogens is 1. The summed E-state index contributed by atoms with van der Waals surface area (Å²) in [5.41, 5.74) is 10.2. The number of aromatic nitrogens is 1. The first kappa shape index (κ1) is 19.1. The van der Waals surface area contributed by atoms with E-state index in [1.807, 2.05) is 42.5 Å². The lowest BCUT2D eigenvalue weighted by atomic mass is 9.87. The molecule has 0 aliphatic carbocycles. The zero-order valence-electron chi connectivity index (χ0n) is 16.7. The highest BCUT2D eigenvalue weighted by atomic mass is 19.1. The number of halogens is 1. The third-order valence-corrected chi connectivity index (χ3v) is 6.02. The molecule has 0 saturated heterocycles. The Bertz CT molecular complexity index is 1400. The third-order valence-electron chi connectivity index (χ3n) is 6.02. The first-order valence-corrected chi connectivity index (χ1v) is 10.0. The molecule has 2 amide bonds. The van der Waals surface area contributed by atoms with E-state index in [1.54, 1.807) is 4.90 Å². The first-order chi connectivity index (χ1) is 15.0. The van der Waals surface area contributed by atoms with Crippen molar-refractivity contribution in [3.05, 3.63) is 83.7 Å². The molecule has 3 N–H and O–H groups in total. The van der Waals surface area contributed by atoms with Crippen LogP contribution < -0.4 is 5.73 Å².